The van der Waals surface area contributed by atoms with Crippen molar-refractivity contribution >= 4 is 0 Å². The summed E-state index contributed by atoms with van der Waals surface area (Å²) >= 11 is 0. The highest BCUT2D eigenvalue weighted by molar-refractivity contribution is 5.12. The molecule has 5 heteroatoms. The van der Waals surface area contributed by atoms with Gasteiger partial charge in [0.25, 0.3) is 5.88 Å². The summed E-state index contributed by atoms with van der Waals surface area (Å²) in [5, 5.41) is 3.81. The normalized spacial score (nSPS) is 32.9. The molecule has 1 aliphatic heterocycles. The zero-order chi connectivity index (χ0) is 11.9. The predicted octanol–water partition coefficient (Wildman–Crippen LogP) is 0.996. The van der Waals surface area contributed by atoms with Crippen molar-refractivity contribution in [3.8, 4) is 5.88 Å². The standard InChI is InChI=1S/C12H19N3O2/c1-16-11-5-10(17-14-11)7-15-6-9-3-2-4-12(9,13)8-15/h5,9H,2-4,6-8,13H2,1H3. The number of nitrogens with zero attached hydrogens (tertiary/aromatic N) is 2. The molecule has 1 saturated carbocycles. The maximum atomic E-state index is 6.43. The molecule has 0 radical (unpaired) electrons. The van der Waals surface area contributed by atoms with Gasteiger partial charge in [-0.1, -0.05) is 6.42 Å². The Hall–Kier alpha value is -1.07. The van der Waals surface area contributed by atoms with Crippen LogP contribution >= 0.6 is 0 Å². The monoisotopic (exact) mass is 237 g/mol. The molecule has 0 aromatic carbocycles. The molecule has 3 rings (SSSR count). The Balaban J connectivity index is 1.64. The molecule has 2 fully saturated rings. The van der Waals surface area contributed by atoms with E-state index in [1.807, 2.05) is 6.07 Å². The van der Waals surface area contributed by atoms with Crippen molar-refractivity contribution in [3.63, 3.8) is 0 Å². The maximum Gasteiger partial charge on any atom is 0.254 e. The topological polar surface area (TPSA) is 64.5 Å². The summed E-state index contributed by atoms with van der Waals surface area (Å²) in [5.74, 6) is 2.06. The lowest BCUT2D eigenvalue weighted by molar-refractivity contribution is 0.249. The molecule has 0 spiro atoms. The first-order valence-electron chi connectivity index (χ1n) is 6.20. The lowest BCUT2D eigenvalue weighted by Gasteiger charge is -2.22. The van der Waals surface area contributed by atoms with Crippen LogP contribution in [-0.2, 0) is 6.54 Å². The number of ether oxygens (including phenoxy) is 1. The van der Waals surface area contributed by atoms with Crippen molar-refractivity contribution in [2.75, 3.05) is 20.2 Å². The van der Waals surface area contributed by atoms with Crippen LogP contribution in [0.5, 0.6) is 5.88 Å². The number of aromatic nitrogens is 1. The molecule has 1 aliphatic carbocycles. The van der Waals surface area contributed by atoms with E-state index < -0.39 is 0 Å². The van der Waals surface area contributed by atoms with Crippen LogP contribution in [0.25, 0.3) is 0 Å². The molecule has 2 N–H and O–H groups in total. The van der Waals surface area contributed by atoms with E-state index in [0.717, 1.165) is 31.8 Å². The number of hydrogen-bond acceptors (Lipinski definition) is 5. The van der Waals surface area contributed by atoms with Gasteiger partial charge in [0.15, 0.2) is 5.76 Å². The van der Waals surface area contributed by atoms with Gasteiger partial charge < -0.3 is 15.0 Å². The number of likely N-dealkylation sites (tertiary alicyclic amines) is 1. The van der Waals surface area contributed by atoms with Gasteiger partial charge >= 0.3 is 0 Å². The highest BCUT2D eigenvalue weighted by Crippen LogP contribution is 2.40. The fourth-order valence-corrected chi connectivity index (χ4v) is 3.25. The van der Waals surface area contributed by atoms with Crippen molar-refractivity contribution in [2.45, 2.75) is 31.3 Å². The van der Waals surface area contributed by atoms with E-state index >= 15 is 0 Å². The summed E-state index contributed by atoms with van der Waals surface area (Å²) in [4.78, 5) is 2.36. The van der Waals surface area contributed by atoms with E-state index in [9.17, 15) is 0 Å². The van der Waals surface area contributed by atoms with Crippen LogP contribution in [-0.4, -0.2) is 35.8 Å². The third-order valence-electron chi connectivity index (χ3n) is 4.13. The third kappa shape index (κ3) is 1.93. The van der Waals surface area contributed by atoms with Gasteiger partial charge in [0.05, 0.1) is 13.7 Å². The second-order valence-corrected chi connectivity index (χ2v) is 5.33. The van der Waals surface area contributed by atoms with Crippen molar-refractivity contribution in [1.29, 1.82) is 0 Å². The van der Waals surface area contributed by atoms with Crippen LogP contribution in [0.15, 0.2) is 10.6 Å². The molecule has 1 aromatic rings. The van der Waals surface area contributed by atoms with E-state index in [1.54, 1.807) is 7.11 Å². The number of methoxy groups -OCH3 is 1. The molecule has 2 unspecified atom stereocenters. The van der Waals surface area contributed by atoms with Crippen LogP contribution in [0, 0.1) is 5.92 Å². The lowest BCUT2D eigenvalue weighted by Crippen LogP contribution is -2.44. The SMILES string of the molecule is COc1cc(CN2CC3CCCC3(N)C2)on1. The van der Waals surface area contributed by atoms with Gasteiger partial charge in [-0.3, -0.25) is 4.90 Å². The molecule has 2 aliphatic rings. The minimum absolute atomic E-state index is 0.0457. The van der Waals surface area contributed by atoms with Gasteiger partial charge in [-0.05, 0) is 23.9 Å². The molecule has 0 bridgehead atoms. The van der Waals surface area contributed by atoms with Gasteiger partial charge in [0, 0.05) is 24.7 Å². The van der Waals surface area contributed by atoms with Gasteiger partial charge in [-0.2, -0.15) is 0 Å². The van der Waals surface area contributed by atoms with Crippen LogP contribution in [0.3, 0.4) is 0 Å². The van der Waals surface area contributed by atoms with Crippen LogP contribution in [0.4, 0.5) is 0 Å². The van der Waals surface area contributed by atoms with Crippen LogP contribution < -0.4 is 10.5 Å². The fraction of sp³-hybridized carbons (Fsp3) is 0.750. The molecular formula is C12H19N3O2. The molecule has 1 aromatic heterocycles. The molecule has 2 heterocycles. The van der Waals surface area contributed by atoms with E-state index in [1.165, 1.54) is 12.8 Å². The number of nitrogens with two attached hydrogens (primary N) is 1. The zero-order valence-corrected chi connectivity index (χ0v) is 10.2. The molecule has 5 nitrogen and oxygen atoms in total. The van der Waals surface area contributed by atoms with Gasteiger partial charge in [-0.25, -0.2) is 0 Å². The van der Waals surface area contributed by atoms with E-state index in [4.69, 9.17) is 15.0 Å². The number of hydrogen-bond donors (Lipinski definition) is 1. The highest BCUT2D eigenvalue weighted by atomic mass is 16.5. The summed E-state index contributed by atoms with van der Waals surface area (Å²) in [6.07, 6.45) is 3.71. The highest BCUT2D eigenvalue weighted by Gasteiger charge is 2.46. The smallest absolute Gasteiger partial charge is 0.254 e. The number of fused-ring (bicyclic) bond motifs is 1. The van der Waals surface area contributed by atoms with Gasteiger partial charge in [-0.15, -0.1) is 0 Å². The van der Waals surface area contributed by atoms with Gasteiger partial charge in [0.1, 0.15) is 0 Å². The van der Waals surface area contributed by atoms with Crippen LogP contribution in [0.2, 0.25) is 0 Å². The summed E-state index contributed by atoms with van der Waals surface area (Å²) < 4.78 is 10.2. The molecule has 0 amide bonds. The fourth-order valence-electron chi connectivity index (χ4n) is 3.25. The molecule has 17 heavy (non-hydrogen) atoms. The van der Waals surface area contributed by atoms with E-state index in [-0.39, 0.29) is 5.54 Å². The first kappa shape index (κ1) is 11.0. The first-order chi connectivity index (χ1) is 8.19. The lowest BCUT2D eigenvalue weighted by atomic mass is 9.92. The molecule has 2 atom stereocenters. The quantitative estimate of drug-likeness (QED) is 0.849. The average molecular weight is 237 g/mol. The van der Waals surface area contributed by atoms with Crippen LogP contribution in [0.1, 0.15) is 25.0 Å². The van der Waals surface area contributed by atoms with Gasteiger partial charge in [0.2, 0.25) is 0 Å². The second-order valence-electron chi connectivity index (χ2n) is 5.33. The first-order valence-corrected chi connectivity index (χ1v) is 6.20. The molecule has 1 saturated heterocycles. The Morgan fingerprint density at radius 3 is 3.29 bits per heavy atom. The Kier molecular flexibility index (Phi) is 2.60. The molecular weight excluding hydrogens is 218 g/mol. The summed E-state index contributed by atoms with van der Waals surface area (Å²) in [6, 6.07) is 1.84. The number of rotatable bonds is 3. The maximum absolute atomic E-state index is 6.43. The summed E-state index contributed by atoms with van der Waals surface area (Å²) in [7, 11) is 1.59. The minimum atomic E-state index is 0.0457. The Labute approximate surface area is 101 Å². The van der Waals surface area contributed by atoms with Crippen molar-refractivity contribution in [1.82, 2.24) is 10.1 Å². The second kappa shape index (κ2) is 3.99. The summed E-state index contributed by atoms with van der Waals surface area (Å²) in [6.45, 7) is 2.84. The molecule has 94 valence electrons. The Morgan fingerprint density at radius 1 is 1.71 bits per heavy atom. The van der Waals surface area contributed by atoms with E-state index in [0.29, 0.717) is 11.8 Å². The summed E-state index contributed by atoms with van der Waals surface area (Å²) in [5.41, 5.74) is 6.47. The van der Waals surface area contributed by atoms with Crippen molar-refractivity contribution in [3.05, 3.63) is 11.8 Å². The zero-order valence-electron chi connectivity index (χ0n) is 10.2. The van der Waals surface area contributed by atoms with Crippen molar-refractivity contribution in [2.24, 2.45) is 11.7 Å². The third-order valence-corrected chi connectivity index (χ3v) is 4.13. The minimum Gasteiger partial charge on any atom is -0.479 e. The Morgan fingerprint density at radius 2 is 2.59 bits per heavy atom. The van der Waals surface area contributed by atoms with E-state index in [2.05, 4.69) is 10.1 Å². The van der Waals surface area contributed by atoms with Crippen molar-refractivity contribution < 1.29 is 9.26 Å². The predicted molar refractivity (Wildman–Crippen MR) is 62.6 cm³/mol. The largest absolute Gasteiger partial charge is 0.479 e. The average Bonchev–Trinajstić information content (AvgIpc) is 2.92. The Bertz CT molecular complexity index is 406.